The number of hydrogen-bond donors (Lipinski definition) is 2. The van der Waals surface area contributed by atoms with E-state index in [1.165, 1.54) is 0 Å². The van der Waals surface area contributed by atoms with Crippen LogP contribution in [-0.2, 0) is 11.2 Å². The third-order valence-electron chi connectivity index (χ3n) is 4.00. The topological polar surface area (TPSA) is 97.1 Å². The van der Waals surface area contributed by atoms with Crippen molar-refractivity contribution in [2.75, 3.05) is 5.32 Å². The van der Waals surface area contributed by atoms with Crippen molar-refractivity contribution in [3.05, 3.63) is 53.3 Å². The van der Waals surface area contributed by atoms with Crippen LogP contribution in [0, 0.1) is 6.92 Å². The van der Waals surface area contributed by atoms with E-state index in [0.717, 1.165) is 5.69 Å². The van der Waals surface area contributed by atoms with Crippen molar-refractivity contribution in [2.24, 2.45) is 0 Å². The molecule has 0 aliphatic carbocycles. The number of fused-ring (bicyclic) bond motifs is 1. The van der Waals surface area contributed by atoms with Crippen LogP contribution in [0.2, 0.25) is 0 Å². The molecular formula is C19H20N4O3. The van der Waals surface area contributed by atoms with Gasteiger partial charge in [0.25, 0.3) is 5.91 Å². The van der Waals surface area contributed by atoms with Gasteiger partial charge in [0.15, 0.2) is 5.65 Å². The lowest BCUT2D eigenvalue weighted by Crippen LogP contribution is -2.13. The Balaban J connectivity index is 1.89. The molecule has 2 aromatic heterocycles. The summed E-state index contributed by atoms with van der Waals surface area (Å²) in [5.74, 6) is -1.15. The molecule has 0 atom stereocenters. The number of carbonyl (C=O) groups is 2. The van der Waals surface area contributed by atoms with Gasteiger partial charge in [-0.1, -0.05) is 12.1 Å². The maximum Gasteiger partial charge on any atom is 0.307 e. The second kappa shape index (κ2) is 6.95. The molecule has 2 N–H and O–H groups in total. The van der Waals surface area contributed by atoms with Gasteiger partial charge in [-0.05, 0) is 44.5 Å². The monoisotopic (exact) mass is 352 g/mol. The summed E-state index contributed by atoms with van der Waals surface area (Å²) in [5, 5.41) is 16.7. The first-order chi connectivity index (χ1) is 12.3. The van der Waals surface area contributed by atoms with Crippen LogP contribution < -0.4 is 5.32 Å². The highest BCUT2D eigenvalue weighted by Gasteiger charge is 2.17. The highest BCUT2D eigenvalue weighted by molar-refractivity contribution is 6.12. The lowest BCUT2D eigenvalue weighted by Gasteiger charge is -2.10. The number of aromatic nitrogens is 3. The molecular weight excluding hydrogens is 332 g/mol. The average molecular weight is 352 g/mol. The fourth-order valence-corrected chi connectivity index (χ4v) is 2.79. The predicted octanol–water partition coefficient (Wildman–Crippen LogP) is 3.20. The van der Waals surface area contributed by atoms with Gasteiger partial charge < -0.3 is 10.4 Å². The molecule has 1 aromatic carbocycles. The molecule has 0 saturated carbocycles. The number of carboxylic acid groups (broad SMARTS) is 1. The number of carbonyl (C=O) groups excluding carboxylic acids is 1. The highest BCUT2D eigenvalue weighted by Crippen LogP contribution is 2.22. The van der Waals surface area contributed by atoms with Crippen molar-refractivity contribution >= 4 is 28.6 Å². The Hall–Kier alpha value is -3.22. The first kappa shape index (κ1) is 17.6. The highest BCUT2D eigenvalue weighted by atomic mass is 16.4. The molecule has 0 bridgehead atoms. The van der Waals surface area contributed by atoms with E-state index in [9.17, 15) is 9.59 Å². The molecule has 7 heteroatoms. The van der Waals surface area contributed by atoms with Crippen molar-refractivity contribution in [1.82, 2.24) is 14.8 Å². The van der Waals surface area contributed by atoms with Crippen molar-refractivity contribution in [3.8, 4) is 0 Å². The van der Waals surface area contributed by atoms with Crippen LogP contribution in [0.4, 0.5) is 5.69 Å². The number of carboxylic acids is 1. The zero-order chi connectivity index (χ0) is 18.8. The lowest BCUT2D eigenvalue weighted by molar-refractivity contribution is -0.136. The summed E-state index contributed by atoms with van der Waals surface area (Å²) in [6, 6.07) is 8.64. The summed E-state index contributed by atoms with van der Waals surface area (Å²) >= 11 is 0. The zero-order valence-electron chi connectivity index (χ0n) is 14.9. The first-order valence-corrected chi connectivity index (χ1v) is 8.32. The van der Waals surface area contributed by atoms with Gasteiger partial charge in [0.05, 0.1) is 23.6 Å². The average Bonchev–Trinajstić information content (AvgIpc) is 2.99. The molecule has 26 heavy (non-hydrogen) atoms. The van der Waals surface area contributed by atoms with Gasteiger partial charge in [-0.3, -0.25) is 9.59 Å². The van der Waals surface area contributed by atoms with Gasteiger partial charge in [-0.15, -0.1) is 0 Å². The normalized spacial score (nSPS) is 11.1. The third-order valence-corrected chi connectivity index (χ3v) is 4.00. The van der Waals surface area contributed by atoms with Crippen molar-refractivity contribution in [2.45, 2.75) is 33.2 Å². The van der Waals surface area contributed by atoms with Crippen LogP contribution in [0.3, 0.4) is 0 Å². The number of benzene rings is 1. The molecule has 0 aliphatic rings. The third kappa shape index (κ3) is 3.56. The quantitative estimate of drug-likeness (QED) is 0.735. The summed E-state index contributed by atoms with van der Waals surface area (Å²) in [5.41, 5.74) is 3.21. The number of pyridine rings is 1. The molecule has 0 unspecified atom stereocenters. The Morgan fingerprint density at radius 3 is 2.54 bits per heavy atom. The zero-order valence-corrected chi connectivity index (χ0v) is 14.9. The SMILES string of the molecule is Cc1cc(C(=O)Nc2ccc(CC(=O)O)cc2)c2cnn(C(C)C)c2n1. The van der Waals surface area contributed by atoms with Crippen LogP contribution in [-0.4, -0.2) is 31.7 Å². The molecule has 2 heterocycles. The maximum absolute atomic E-state index is 12.8. The number of hydrogen-bond acceptors (Lipinski definition) is 4. The Bertz CT molecular complexity index is 974. The molecule has 7 nitrogen and oxygen atoms in total. The summed E-state index contributed by atoms with van der Waals surface area (Å²) in [6.07, 6.45) is 1.61. The molecule has 134 valence electrons. The van der Waals surface area contributed by atoms with Crippen LogP contribution in [0.1, 0.15) is 41.5 Å². The van der Waals surface area contributed by atoms with E-state index in [0.29, 0.717) is 27.8 Å². The van der Waals surface area contributed by atoms with E-state index in [2.05, 4.69) is 15.4 Å². The number of aryl methyl sites for hydroxylation is 1. The van der Waals surface area contributed by atoms with Gasteiger partial charge in [0, 0.05) is 17.4 Å². The van der Waals surface area contributed by atoms with Gasteiger partial charge in [-0.2, -0.15) is 5.10 Å². The smallest absolute Gasteiger partial charge is 0.307 e. The molecule has 1 amide bonds. The summed E-state index contributed by atoms with van der Waals surface area (Å²) in [6.45, 7) is 5.86. The van der Waals surface area contributed by atoms with E-state index in [1.807, 2.05) is 20.8 Å². The minimum atomic E-state index is -0.890. The van der Waals surface area contributed by atoms with Crippen molar-refractivity contribution in [3.63, 3.8) is 0 Å². The van der Waals surface area contributed by atoms with Crippen LogP contribution in [0.15, 0.2) is 36.5 Å². The Morgan fingerprint density at radius 1 is 1.23 bits per heavy atom. The van der Waals surface area contributed by atoms with Gasteiger partial charge in [0.2, 0.25) is 0 Å². The molecule has 0 aliphatic heterocycles. The molecule has 3 aromatic rings. The maximum atomic E-state index is 12.8. The van der Waals surface area contributed by atoms with E-state index in [1.54, 1.807) is 41.2 Å². The second-order valence-electron chi connectivity index (χ2n) is 6.45. The Kier molecular flexibility index (Phi) is 4.71. The summed E-state index contributed by atoms with van der Waals surface area (Å²) in [4.78, 5) is 28.0. The lowest BCUT2D eigenvalue weighted by atomic mass is 10.1. The minimum Gasteiger partial charge on any atom is -0.481 e. The van der Waals surface area contributed by atoms with E-state index in [-0.39, 0.29) is 18.4 Å². The Morgan fingerprint density at radius 2 is 1.92 bits per heavy atom. The predicted molar refractivity (Wildman–Crippen MR) is 98.4 cm³/mol. The number of nitrogens with one attached hydrogen (secondary N) is 1. The number of amides is 1. The van der Waals surface area contributed by atoms with E-state index in [4.69, 9.17) is 5.11 Å². The fraction of sp³-hybridized carbons (Fsp3) is 0.263. The summed E-state index contributed by atoms with van der Waals surface area (Å²) in [7, 11) is 0. The summed E-state index contributed by atoms with van der Waals surface area (Å²) < 4.78 is 1.79. The van der Waals surface area contributed by atoms with Crippen LogP contribution in [0.5, 0.6) is 0 Å². The number of rotatable bonds is 5. The van der Waals surface area contributed by atoms with Crippen molar-refractivity contribution < 1.29 is 14.7 Å². The van der Waals surface area contributed by atoms with Gasteiger partial charge >= 0.3 is 5.97 Å². The van der Waals surface area contributed by atoms with Crippen molar-refractivity contribution in [1.29, 1.82) is 0 Å². The van der Waals surface area contributed by atoms with Crippen LogP contribution >= 0.6 is 0 Å². The molecule has 0 saturated heterocycles. The minimum absolute atomic E-state index is 0.0488. The van der Waals surface area contributed by atoms with E-state index < -0.39 is 5.97 Å². The van der Waals surface area contributed by atoms with Crippen LogP contribution in [0.25, 0.3) is 11.0 Å². The van der Waals surface area contributed by atoms with E-state index >= 15 is 0 Å². The standard InChI is InChI=1S/C19H20N4O3/c1-11(2)23-18-16(10-20-23)15(8-12(3)21-18)19(26)22-14-6-4-13(5-7-14)9-17(24)25/h4-8,10-11H,9H2,1-3H3,(H,22,26)(H,24,25). The number of nitrogens with zero attached hydrogens (tertiary/aromatic N) is 3. The number of aliphatic carboxylic acids is 1. The Labute approximate surface area is 150 Å². The largest absolute Gasteiger partial charge is 0.481 e. The molecule has 3 rings (SSSR count). The molecule has 0 radical (unpaired) electrons. The number of anilines is 1. The van der Waals surface area contributed by atoms with Gasteiger partial charge in [0.1, 0.15) is 0 Å². The molecule has 0 fully saturated rings. The molecule has 0 spiro atoms. The first-order valence-electron chi connectivity index (χ1n) is 8.32. The van der Waals surface area contributed by atoms with Gasteiger partial charge in [-0.25, -0.2) is 9.67 Å². The fourth-order valence-electron chi connectivity index (χ4n) is 2.79. The second-order valence-corrected chi connectivity index (χ2v) is 6.45.